The number of halogens is 1. The molecule has 0 spiro atoms. The lowest BCUT2D eigenvalue weighted by molar-refractivity contribution is 0.276. The topological polar surface area (TPSA) is 77.6 Å². The van der Waals surface area contributed by atoms with Gasteiger partial charge in [-0.2, -0.15) is 10.2 Å². The first kappa shape index (κ1) is 10.7. The second-order valence-corrected chi connectivity index (χ2v) is 2.72. The van der Waals surface area contributed by atoms with Gasteiger partial charge in [0.1, 0.15) is 0 Å². The van der Waals surface area contributed by atoms with Crippen LogP contribution in [0.15, 0.2) is 24.5 Å². The molecule has 0 unspecified atom stereocenters. The zero-order valence-corrected chi connectivity index (χ0v) is 8.20. The van der Waals surface area contributed by atoms with Gasteiger partial charge in [0.2, 0.25) is 0 Å². The largest absolute Gasteiger partial charge is 0.390 e. The molecular weight excluding hydrogens is 204 g/mol. The molecule has 2 aromatic rings. The average Bonchev–Trinajstić information content (AvgIpc) is 2.92. The van der Waals surface area contributed by atoms with Crippen molar-refractivity contribution in [3.63, 3.8) is 0 Å². The van der Waals surface area contributed by atoms with Gasteiger partial charge < -0.3 is 5.11 Å². The third-order valence-corrected chi connectivity index (χ3v) is 1.72. The molecule has 2 aromatic heterocycles. The van der Waals surface area contributed by atoms with Crippen LogP contribution in [0.25, 0.3) is 0 Å². The zero-order chi connectivity index (χ0) is 10.2. The molecule has 2 heterocycles. The second kappa shape index (κ2) is 6.17. The number of rotatable bonds is 2. The summed E-state index contributed by atoms with van der Waals surface area (Å²) in [7, 11) is 0. The van der Waals surface area contributed by atoms with Crippen LogP contribution >= 0.6 is 11.6 Å². The third kappa shape index (κ3) is 3.59. The highest BCUT2D eigenvalue weighted by Gasteiger charge is 1.84. The van der Waals surface area contributed by atoms with E-state index in [9.17, 15) is 0 Å². The molecule has 0 saturated carbocycles. The fraction of sp³-hybridized carbons (Fsp3) is 0.250. The van der Waals surface area contributed by atoms with E-state index in [0.29, 0.717) is 5.88 Å². The fourth-order valence-electron chi connectivity index (χ4n) is 0.732. The van der Waals surface area contributed by atoms with Crippen LogP contribution in [0.4, 0.5) is 0 Å². The van der Waals surface area contributed by atoms with Gasteiger partial charge in [0.15, 0.2) is 0 Å². The maximum atomic E-state index is 8.36. The number of nitrogens with zero attached hydrogens (tertiary/aromatic N) is 2. The SMILES string of the molecule is ClCc1ccn[nH]1.OCc1ccn[nH]1. The molecule has 14 heavy (non-hydrogen) atoms. The van der Waals surface area contributed by atoms with Crippen molar-refractivity contribution in [3.05, 3.63) is 35.9 Å². The lowest BCUT2D eigenvalue weighted by atomic mass is 10.5. The molecule has 3 N–H and O–H groups in total. The molecule has 6 heteroatoms. The van der Waals surface area contributed by atoms with E-state index in [-0.39, 0.29) is 6.61 Å². The van der Waals surface area contributed by atoms with E-state index in [1.165, 1.54) is 0 Å². The number of aliphatic hydroxyl groups excluding tert-OH is 1. The Bertz CT molecular complexity index is 285. The zero-order valence-electron chi connectivity index (χ0n) is 7.44. The van der Waals surface area contributed by atoms with Gasteiger partial charge in [-0.15, -0.1) is 11.6 Å². The normalized spacial score (nSPS) is 9.29. The maximum absolute atomic E-state index is 8.36. The molecule has 0 fully saturated rings. The Morgan fingerprint density at radius 1 is 1.14 bits per heavy atom. The Morgan fingerprint density at radius 2 is 1.71 bits per heavy atom. The highest BCUT2D eigenvalue weighted by molar-refractivity contribution is 6.16. The molecule has 2 rings (SSSR count). The van der Waals surface area contributed by atoms with Gasteiger partial charge in [0, 0.05) is 18.1 Å². The molecular formula is C8H11ClN4O. The lowest BCUT2D eigenvalue weighted by Gasteiger charge is -1.79. The molecule has 76 valence electrons. The van der Waals surface area contributed by atoms with E-state index in [0.717, 1.165) is 11.4 Å². The summed E-state index contributed by atoms with van der Waals surface area (Å²) in [5.41, 5.74) is 1.71. The van der Waals surface area contributed by atoms with Crippen molar-refractivity contribution in [2.75, 3.05) is 0 Å². The van der Waals surface area contributed by atoms with Gasteiger partial charge in [0.05, 0.1) is 18.2 Å². The van der Waals surface area contributed by atoms with Crippen LogP contribution in [0, 0.1) is 0 Å². The summed E-state index contributed by atoms with van der Waals surface area (Å²) in [6, 6.07) is 3.56. The molecule has 0 aliphatic heterocycles. The standard InChI is InChI=1S/C4H5ClN2.C4H6N2O/c5-3-4-1-2-6-7-4;7-3-4-1-2-5-6-4/h1-2H,3H2,(H,6,7);1-2,7H,3H2,(H,5,6). The van der Waals surface area contributed by atoms with Crippen LogP contribution in [0.3, 0.4) is 0 Å². The number of aromatic nitrogens is 4. The number of nitrogens with one attached hydrogen (secondary N) is 2. The minimum Gasteiger partial charge on any atom is -0.390 e. The Balaban J connectivity index is 0.000000140. The molecule has 0 bridgehead atoms. The van der Waals surface area contributed by atoms with E-state index in [2.05, 4.69) is 20.4 Å². The van der Waals surface area contributed by atoms with Crippen LogP contribution in [-0.2, 0) is 12.5 Å². The maximum Gasteiger partial charge on any atom is 0.0847 e. The number of aromatic amines is 2. The van der Waals surface area contributed by atoms with Crippen LogP contribution in [0.1, 0.15) is 11.4 Å². The van der Waals surface area contributed by atoms with E-state index in [1.807, 2.05) is 6.07 Å². The molecule has 5 nitrogen and oxygen atoms in total. The van der Waals surface area contributed by atoms with Gasteiger partial charge in [0.25, 0.3) is 0 Å². The minimum absolute atomic E-state index is 0.0417. The van der Waals surface area contributed by atoms with E-state index < -0.39 is 0 Å². The van der Waals surface area contributed by atoms with Crippen LogP contribution in [0.5, 0.6) is 0 Å². The average molecular weight is 215 g/mol. The first-order chi connectivity index (χ1) is 6.86. The van der Waals surface area contributed by atoms with Gasteiger partial charge in [-0.3, -0.25) is 10.2 Å². The number of H-pyrrole nitrogens is 2. The number of hydrogen-bond donors (Lipinski definition) is 3. The molecule has 0 aliphatic carbocycles. The first-order valence-electron chi connectivity index (χ1n) is 4.00. The summed E-state index contributed by atoms with van der Waals surface area (Å²) in [6.07, 6.45) is 3.28. The molecule has 0 aliphatic rings. The highest BCUT2D eigenvalue weighted by atomic mass is 35.5. The predicted octanol–water partition coefficient (Wildman–Crippen LogP) is 1.05. The van der Waals surface area contributed by atoms with Crippen LogP contribution in [-0.4, -0.2) is 25.5 Å². The Kier molecular flexibility index (Phi) is 4.74. The van der Waals surface area contributed by atoms with Gasteiger partial charge >= 0.3 is 0 Å². The van der Waals surface area contributed by atoms with Crippen molar-refractivity contribution in [1.82, 2.24) is 20.4 Å². The predicted molar refractivity (Wildman–Crippen MR) is 52.7 cm³/mol. The smallest absolute Gasteiger partial charge is 0.0847 e. The first-order valence-corrected chi connectivity index (χ1v) is 4.53. The second-order valence-electron chi connectivity index (χ2n) is 2.46. The van der Waals surface area contributed by atoms with Crippen molar-refractivity contribution >= 4 is 11.6 Å². The fourth-order valence-corrected chi connectivity index (χ4v) is 0.881. The Labute approximate surface area is 86.1 Å². The van der Waals surface area contributed by atoms with Crippen LogP contribution in [0.2, 0.25) is 0 Å². The van der Waals surface area contributed by atoms with E-state index in [4.69, 9.17) is 16.7 Å². The van der Waals surface area contributed by atoms with Gasteiger partial charge in [-0.1, -0.05) is 0 Å². The van der Waals surface area contributed by atoms with Crippen molar-refractivity contribution in [3.8, 4) is 0 Å². The molecule has 0 radical (unpaired) electrons. The minimum atomic E-state index is 0.0417. The summed E-state index contributed by atoms with van der Waals surface area (Å²) in [5, 5.41) is 20.9. The monoisotopic (exact) mass is 214 g/mol. The quantitative estimate of drug-likeness (QED) is 0.654. The highest BCUT2D eigenvalue weighted by Crippen LogP contribution is 1.94. The summed E-state index contributed by atoms with van der Waals surface area (Å²) in [6.45, 7) is 0.0417. The van der Waals surface area contributed by atoms with E-state index >= 15 is 0 Å². The third-order valence-electron chi connectivity index (χ3n) is 1.43. The van der Waals surface area contributed by atoms with Crippen molar-refractivity contribution in [1.29, 1.82) is 0 Å². The summed E-state index contributed by atoms with van der Waals surface area (Å²) in [4.78, 5) is 0. The lowest BCUT2D eigenvalue weighted by Crippen LogP contribution is -1.79. The van der Waals surface area contributed by atoms with E-state index in [1.54, 1.807) is 18.5 Å². The number of aliphatic hydroxyl groups is 1. The van der Waals surface area contributed by atoms with Gasteiger partial charge in [-0.05, 0) is 12.1 Å². The van der Waals surface area contributed by atoms with Gasteiger partial charge in [-0.25, -0.2) is 0 Å². The number of hydrogen-bond acceptors (Lipinski definition) is 3. The molecule has 0 aromatic carbocycles. The van der Waals surface area contributed by atoms with Crippen molar-refractivity contribution < 1.29 is 5.11 Å². The summed E-state index contributed by atoms with van der Waals surface area (Å²) < 4.78 is 0. The summed E-state index contributed by atoms with van der Waals surface area (Å²) >= 11 is 5.40. The molecule has 0 saturated heterocycles. The Morgan fingerprint density at radius 3 is 1.93 bits per heavy atom. The van der Waals surface area contributed by atoms with Crippen molar-refractivity contribution in [2.45, 2.75) is 12.5 Å². The van der Waals surface area contributed by atoms with Crippen molar-refractivity contribution in [2.24, 2.45) is 0 Å². The number of alkyl halides is 1. The summed E-state index contributed by atoms with van der Waals surface area (Å²) in [5.74, 6) is 0.514. The Hall–Kier alpha value is -1.33. The van der Waals surface area contributed by atoms with Crippen LogP contribution < -0.4 is 0 Å². The molecule has 0 amide bonds. The molecule has 0 atom stereocenters.